The molecule has 1 N–H and O–H groups in total. The van der Waals surface area contributed by atoms with Gasteiger partial charge in [0.05, 0.1) is 4.47 Å². The van der Waals surface area contributed by atoms with Crippen molar-refractivity contribution in [2.75, 3.05) is 12.4 Å². The van der Waals surface area contributed by atoms with Gasteiger partial charge in [0, 0.05) is 18.9 Å². The van der Waals surface area contributed by atoms with Crippen molar-refractivity contribution in [3.63, 3.8) is 0 Å². The Morgan fingerprint density at radius 3 is 2.88 bits per heavy atom. The largest absolute Gasteiger partial charge is 0.357 e. The molecule has 4 nitrogen and oxygen atoms in total. The molecular formula is C11H11BrN4S. The Morgan fingerprint density at radius 2 is 2.18 bits per heavy atom. The fourth-order valence-electron chi connectivity index (χ4n) is 1.25. The van der Waals surface area contributed by atoms with Gasteiger partial charge in [-0.05, 0) is 52.8 Å². The molecule has 0 aliphatic carbocycles. The van der Waals surface area contributed by atoms with Gasteiger partial charge in [0.1, 0.15) is 10.1 Å². The third-order valence-electron chi connectivity index (χ3n) is 1.98. The normalized spacial score (nSPS) is 10.3. The van der Waals surface area contributed by atoms with Crippen LogP contribution in [0.5, 0.6) is 0 Å². The SMILES string of the molecule is CNc1nc(C)cc(Sc2ncccc2Br)n1. The van der Waals surface area contributed by atoms with Crippen LogP contribution in [0.1, 0.15) is 5.69 Å². The summed E-state index contributed by atoms with van der Waals surface area (Å²) in [6.45, 7) is 1.94. The maximum absolute atomic E-state index is 4.37. The molecule has 2 aromatic rings. The van der Waals surface area contributed by atoms with Crippen LogP contribution in [0.2, 0.25) is 0 Å². The second-order valence-corrected chi connectivity index (χ2v) is 5.18. The quantitative estimate of drug-likeness (QED) is 0.883. The second-order valence-electron chi connectivity index (χ2n) is 3.31. The Balaban J connectivity index is 2.30. The molecule has 17 heavy (non-hydrogen) atoms. The lowest BCUT2D eigenvalue weighted by molar-refractivity contribution is 1.00. The van der Waals surface area contributed by atoms with Crippen LogP contribution in [0.3, 0.4) is 0 Å². The molecule has 0 aliphatic heterocycles. The molecule has 0 spiro atoms. The summed E-state index contributed by atoms with van der Waals surface area (Å²) >= 11 is 4.97. The van der Waals surface area contributed by atoms with Gasteiger partial charge in [0.15, 0.2) is 0 Å². The molecule has 0 saturated heterocycles. The third-order valence-corrected chi connectivity index (χ3v) is 3.82. The van der Waals surface area contributed by atoms with Gasteiger partial charge in [-0.1, -0.05) is 0 Å². The minimum absolute atomic E-state index is 0.625. The molecule has 0 fully saturated rings. The molecule has 0 amide bonds. The van der Waals surface area contributed by atoms with Gasteiger partial charge >= 0.3 is 0 Å². The molecule has 0 radical (unpaired) electrons. The highest BCUT2D eigenvalue weighted by Crippen LogP contribution is 2.30. The first-order valence-corrected chi connectivity index (χ1v) is 6.62. The summed E-state index contributed by atoms with van der Waals surface area (Å²) in [5, 5.41) is 4.71. The van der Waals surface area contributed by atoms with Crippen LogP contribution in [-0.4, -0.2) is 22.0 Å². The summed E-state index contributed by atoms with van der Waals surface area (Å²) in [6, 6.07) is 5.79. The molecule has 2 heterocycles. The lowest BCUT2D eigenvalue weighted by Crippen LogP contribution is -1.98. The van der Waals surface area contributed by atoms with Crippen molar-refractivity contribution in [3.05, 3.63) is 34.6 Å². The number of hydrogen-bond acceptors (Lipinski definition) is 5. The molecule has 0 saturated carbocycles. The number of aryl methyl sites for hydroxylation is 1. The number of anilines is 1. The molecule has 0 bridgehead atoms. The van der Waals surface area contributed by atoms with Gasteiger partial charge in [-0.2, -0.15) is 0 Å². The van der Waals surface area contributed by atoms with Crippen LogP contribution in [0.15, 0.2) is 38.9 Å². The maximum Gasteiger partial charge on any atom is 0.223 e. The van der Waals surface area contributed by atoms with Crippen LogP contribution in [0.25, 0.3) is 0 Å². The molecular weight excluding hydrogens is 300 g/mol. The van der Waals surface area contributed by atoms with Crippen LogP contribution in [0.4, 0.5) is 5.95 Å². The van der Waals surface area contributed by atoms with Gasteiger partial charge in [-0.25, -0.2) is 15.0 Å². The van der Waals surface area contributed by atoms with E-state index in [9.17, 15) is 0 Å². The predicted octanol–water partition coefficient (Wildman–Crippen LogP) is 3.14. The average molecular weight is 311 g/mol. The lowest BCUT2D eigenvalue weighted by atomic mass is 10.5. The van der Waals surface area contributed by atoms with E-state index in [1.165, 1.54) is 11.8 Å². The molecule has 0 atom stereocenters. The maximum atomic E-state index is 4.37. The Labute approximate surface area is 112 Å². The highest BCUT2D eigenvalue weighted by Gasteiger charge is 2.06. The van der Waals surface area contributed by atoms with Crippen LogP contribution in [0, 0.1) is 6.92 Å². The van der Waals surface area contributed by atoms with E-state index in [1.807, 2.05) is 25.1 Å². The number of pyridine rings is 1. The number of rotatable bonds is 3. The summed E-state index contributed by atoms with van der Waals surface area (Å²) in [5.74, 6) is 0.625. The van der Waals surface area contributed by atoms with Gasteiger partial charge < -0.3 is 5.32 Å². The van der Waals surface area contributed by atoms with Crippen molar-refractivity contribution >= 4 is 33.6 Å². The topological polar surface area (TPSA) is 50.7 Å². The minimum atomic E-state index is 0.625. The zero-order valence-corrected chi connectivity index (χ0v) is 11.8. The summed E-state index contributed by atoms with van der Waals surface area (Å²) in [4.78, 5) is 12.9. The molecule has 0 aromatic carbocycles. The van der Waals surface area contributed by atoms with E-state index in [1.54, 1.807) is 13.2 Å². The Morgan fingerprint density at radius 1 is 1.35 bits per heavy atom. The summed E-state index contributed by atoms with van der Waals surface area (Å²) in [6.07, 6.45) is 1.76. The number of aromatic nitrogens is 3. The fraction of sp³-hybridized carbons (Fsp3) is 0.182. The van der Waals surface area contributed by atoms with Crippen LogP contribution in [-0.2, 0) is 0 Å². The van der Waals surface area contributed by atoms with Crippen molar-refractivity contribution in [3.8, 4) is 0 Å². The van der Waals surface area contributed by atoms with E-state index in [2.05, 4.69) is 36.2 Å². The molecule has 88 valence electrons. The van der Waals surface area contributed by atoms with E-state index in [0.717, 1.165) is 20.2 Å². The monoisotopic (exact) mass is 310 g/mol. The molecule has 2 aromatic heterocycles. The molecule has 6 heteroatoms. The lowest BCUT2D eigenvalue weighted by Gasteiger charge is -2.05. The number of halogens is 1. The van der Waals surface area contributed by atoms with Gasteiger partial charge in [-0.15, -0.1) is 0 Å². The van der Waals surface area contributed by atoms with E-state index in [-0.39, 0.29) is 0 Å². The first kappa shape index (κ1) is 12.3. The average Bonchev–Trinajstić information content (AvgIpc) is 2.31. The second kappa shape index (κ2) is 5.46. The minimum Gasteiger partial charge on any atom is -0.357 e. The van der Waals surface area contributed by atoms with Gasteiger partial charge in [-0.3, -0.25) is 0 Å². The molecule has 0 unspecified atom stereocenters. The van der Waals surface area contributed by atoms with E-state index in [0.29, 0.717) is 5.95 Å². The van der Waals surface area contributed by atoms with Crippen molar-refractivity contribution in [2.45, 2.75) is 17.0 Å². The third kappa shape index (κ3) is 3.17. The highest BCUT2D eigenvalue weighted by molar-refractivity contribution is 9.10. The predicted molar refractivity (Wildman–Crippen MR) is 72.4 cm³/mol. The number of nitrogens with zero attached hydrogens (tertiary/aromatic N) is 3. The van der Waals surface area contributed by atoms with Crippen molar-refractivity contribution in [1.29, 1.82) is 0 Å². The van der Waals surface area contributed by atoms with Gasteiger partial charge in [0.2, 0.25) is 5.95 Å². The van der Waals surface area contributed by atoms with Crippen molar-refractivity contribution < 1.29 is 0 Å². The zero-order chi connectivity index (χ0) is 12.3. The zero-order valence-electron chi connectivity index (χ0n) is 9.44. The fourth-order valence-corrected chi connectivity index (χ4v) is 2.59. The summed E-state index contributed by atoms with van der Waals surface area (Å²) in [7, 11) is 1.81. The van der Waals surface area contributed by atoms with Crippen LogP contribution >= 0.6 is 27.7 Å². The Hall–Kier alpha value is -1.14. The van der Waals surface area contributed by atoms with Crippen molar-refractivity contribution in [1.82, 2.24) is 15.0 Å². The van der Waals surface area contributed by atoms with Crippen LogP contribution < -0.4 is 5.32 Å². The van der Waals surface area contributed by atoms with E-state index >= 15 is 0 Å². The Kier molecular flexibility index (Phi) is 3.96. The summed E-state index contributed by atoms with van der Waals surface area (Å²) in [5.41, 5.74) is 0.930. The first-order chi connectivity index (χ1) is 8.19. The van der Waals surface area contributed by atoms with E-state index in [4.69, 9.17) is 0 Å². The Bertz CT molecular complexity index is 533. The molecule has 2 rings (SSSR count). The molecule has 0 aliphatic rings. The van der Waals surface area contributed by atoms with Gasteiger partial charge in [0.25, 0.3) is 0 Å². The smallest absolute Gasteiger partial charge is 0.223 e. The van der Waals surface area contributed by atoms with Crippen molar-refractivity contribution in [2.24, 2.45) is 0 Å². The first-order valence-electron chi connectivity index (χ1n) is 5.01. The summed E-state index contributed by atoms with van der Waals surface area (Å²) < 4.78 is 0.965. The number of hydrogen-bond donors (Lipinski definition) is 1. The highest BCUT2D eigenvalue weighted by atomic mass is 79.9. The standard InChI is InChI=1S/C11H11BrN4S/c1-7-6-9(16-11(13-2)15-7)17-10-8(12)4-3-5-14-10/h3-6H,1-2H3,(H,13,15,16). The van der Waals surface area contributed by atoms with E-state index < -0.39 is 0 Å². The number of nitrogens with one attached hydrogen (secondary N) is 1.